The third-order valence-electron chi connectivity index (χ3n) is 3.05. The summed E-state index contributed by atoms with van der Waals surface area (Å²) in [6.45, 7) is 8.54. The Labute approximate surface area is 109 Å². The Kier molecular flexibility index (Phi) is 5.14. The Hall–Kier alpha value is -1.10. The maximum atomic E-state index is 12.2. The van der Waals surface area contributed by atoms with Crippen LogP contribution in [0.5, 0.6) is 0 Å². The van der Waals surface area contributed by atoms with E-state index in [2.05, 4.69) is 0 Å². The number of methoxy groups -OCH3 is 1. The first-order valence-corrected chi connectivity index (χ1v) is 6.42. The van der Waals surface area contributed by atoms with Crippen LogP contribution in [0, 0.1) is 5.41 Å². The summed E-state index contributed by atoms with van der Waals surface area (Å²) in [7, 11) is 1.52. The quantitative estimate of drug-likeness (QED) is 0.732. The molecule has 1 rings (SSSR count). The standard InChI is InChI=1S/C13H24N2O3/c1-13(2,3)12(17)15-7-5-6-14(8-9-15)11(16)10-18-4/h5-10H2,1-4H3. The summed E-state index contributed by atoms with van der Waals surface area (Å²) >= 11 is 0. The predicted octanol–water partition coefficient (Wildman–Crippen LogP) is 0.740. The number of ether oxygens (including phenoxy) is 1. The summed E-state index contributed by atoms with van der Waals surface area (Å²) in [5, 5.41) is 0. The minimum atomic E-state index is -0.355. The molecule has 0 radical (unpaired) electrons. The van der Waals surface area contributed by atoms with E-state index >= 15 is 0 Å². The highest BCUT2D eigenvalue weighted by molar-refractivity contribution is 5.82. The predicted molar refractivity (Wildman–Crippen MR) is 69.1 cm³/mol. The van der Waals surface area contributed by atoms with E-state index in [1.165, 1.54) is 7.11 Å². The summed E-state index contributed by atoms with van der Waals surface area (Å²) in [4.78, 5) is 27.5. The molecule has 0 saturated carbocycles. The lowest BCUT2D eigenvalue weighted by Gasteiger charge is -2.28. The van der Waals surface area contributed by atoms with Crippen LogP contribution in [0.4, 0.5) is 0 Å². The fraction of sp³-hybridized carbons (Fsp3) is 0.846. The zero-order valence-electron chi connectivity index (χ0n) is 11.9. The van der Waals surface area contributed by atoms with Crippen LogP contribution in [0.3, 0.4) is 0 Å². The molecule has 1 saturated heterocycles. The molecule has 5 heteroatoms. The molecule has 2 amide bonds. The number of hydrogen-bond donors (Lipinski definition) is 0. The van der Waals surface area contributed by atoms with Crippen LogP contribution in [0.25, 0.3) is 0 Å². The van der Waals surface area contributed by atoms with Crippen molar-refractivity contribution in [2.75, 3.05) is 39.9 Å². The number of rotatable bonds is 2. The van der Waals surface area contributed by atoms with Gasteiger partial charge in [-0.25, -0.2) is 0 Å². The summed E-state index contributed by atoms with van der Waals surface area (Å²) in [6, 6.07) is 0. The van der Waals surface area contributed by atoms with E-state index in [-0.39, 0.29) is 23.8 Å². The van der Waals surface area contributed by atoms with E-state index < -0.39 is 0 Å². The zero-order valence-corrected chi connectivity index (χ0v) is 11.9. The summed E-state index contributed by atoms with van der Waals surface area (Å²) in [5.41, 5.74) is -0.355. The molecule has 0 N–H and O–H groups in total. The van der Waals surface area contributed by atoms with Crippen molar-refractivity contribution in [1.29, 1.82) is 0 Å². The number of carbonyl (C=O) groups is 2. The molecular weight excluding hydrogens is 232 g/mol. The van der Waals surface area contributed by atoms with Gasteiger partial charge in [-0.3, -0.25) is 9.59 Å². The minimum Gasteiger partial charge on any atom is -0.375 e. The molecule has 0 bridgehead atoms. The van der Waals surface area contributed by atoms with Gasteiger partial charge in [0, 0.05) is 38.7 Å². The Morgan fingerprint density at radius 2 is 1.61 bits per heavy atom. The lowest BCUT2D eigenvalue weighted by Crippen LogP contribution is -2.42. The van der Waals surface area contributed by atoms with Gasteiger partial charge in [0.15, 0.2) is 0 Å². The number of nitrogens with zero attached hydrogens (tertiary/aromatic N) is 2. The van der Waals surface area contributed by atoms with Crippen LogP contribution < -0.4 is 0 Å². The van der Waals surface area contributed by atoms with Crippen LogP contribution in [0.1, 0.15) is 27.2 Å². The molecule has 0 atom stereocenters. The Morgan fingerprint density at radius 1 is 1.06 bits per heavy atom. The van der Waals surface area contributed by atoms with Crippen molar-refractivity contribution in [3.8, 4) is 0 Å². The summed E-state index contributed by atoms with van der Waals surface area (Å²) in [5.74, 6) is 0.158. The first-order valence-electron chi connectivity index (χ1n) is 6.42. The molecule has 1 fully saturated rings. The third-order valence-corrected chi connectivity index (χ3v) is 3.05. The van der Waals surface area contributed by atoms with Crippen LogP contribution >= 0.6 is 0 Å². The SMILES string of the molecule is COCC(=O)N1CCCN(C(=O)C(C)(C)C)CC1. The average Bonchev–Trinajstić information content (AvgIpc) is 2.52. The van der Waals surface area contributed by atoms with Crippen molar-refractivity contribution >= 4 is 11.8 Å². The van der Waals surface area contributed by atoms with Gasteiger partial charge in [-0.2, -0.15) is 0 Å². The van der Waals surface area contributed by atoms with Gasteiger partial charge in [0.2, 0.25) is 11.8 Å². The molecule has 0 aromatic rings. The second-order valence-electron chi connectivity index (χ2n) is 5.71. The van der Waals surface area contributed by atoms with Crippen molar-refractivity contribution in [2.24, 2.45) is 5.41 Å². The second-order valence-corrected chi connectivity index (χ2v) is 5.71. The third kappa shape index (κ3) is 3.98. The van der Waals surface area contributed by atoms with Gasteiger partial charge in [0.05, 0.1) is 0 Å². The number of carbonyl (C=O) groups excluding carboxylic acids is 2. The molecule has 1 aliphatic heterocycles. The molecule has 104 valence electrons. The highest BCUT2D eigenvalue weighted by atomic mass is 16.5. The highest BCUT2D eigenvalue weighted by Gasteiger charge is 2.29. The van der Waals surface area contributed by atoms with E-state index in [0.29, 0.717) is 19.6 Å². The lowest BCUT2D eigenvalue weighted by molar-refractivity contribution is -0.140. The van der Waals surface area contributed by atoms with Gasteiger partial charge in [-0.15, -0.1) is 0 Å². The maximum Gasteiger partial charge on any atom is 0.248 e. The molecule has 5 nitrogen and oxygen atoms in total. The van der Waals surface area contributed by atoms with E-state index in [9.17, 15) is 9.59 Å². The van der Waals surface area contributed by atoms with E-state index in [4.69, 9.17) is 4.74 Å². The summed E-state index contributed by atoms with van der Waals surface area (Å²) < 4.78 is 4.85. The van der Waals surface area contributed by atoms with E-state index in [0.717, 1.165) is 13.0 Å². The van der Waals surface area contributed by atoms with Crippen molar-refractivity contribution in [3.05, 3.63) is 0 Å². The van der Waals surface area contributed by atoms with Crippen molar-refractivity contribution in [2.45, 2.75) is 27.2 Å². The molecule has 0 aromatic carbocycles. The van der Waals surface area contributed by atoms with Gasteiger partial charge in [-0.1, -0.05) is 20.8 Å². The Balaban J connectivity index is 2.56. The number of amides is 2. The molecule has 1 heterocycles. The van der Waals surface area contributed by atoms with Gasteiger partial charge >= 0.3 is 0 Å². The van der Waals surface area contributed by atoms with Gasteiger partial charge in [0.25, 0.3) is 0 Å². The minimum absolute atomic E-state index is 0.00237. The van der Waals surface area contributed by atoms with E-state index in [1.807, 2.05) is 25.7 Å². The van der Waals surface area contributed by atoms with Crippen LogP contribution in [-0.4, -0.2) is 61.5 Å². The van der Waals surface area contributed by atoms with Gasteiger partial charge in [-0.05, 0) is 6.42 Å². The highest BCUT2D eigenvalue weighted by Crippen LogP contribution is 2.18. The largest absolute Gasteiger partial charge is 0.375 e. The van der Waals surface area contributed by atoms with Crippen molar-refractivity contribution in [1.82, 2.24) is 9.80 Å². The fourth-order valence-electron chi connectivity index (χ4n) is 2.06. The van der Waals surface area contributed by atoms with Crippen LogP contribution in [0.15, 0.2) is 0 Å². The van der Waals surface area contributed by atoms with Crippen molar-refractivity contribution < 1.29 is 14.3 Å². The van der Waals surface area contributed by atoms with Crippen LogP contribution in [-0.2, 0) is 14.3 Å². The van der Waals surface area contributed by atoms with Crippen LogP contribution in [0.2, 0.25) is 0 Å². The normalized spacial score (nSPS) is 17.6. The smallest absolute Gasteiger partial charge is 0.248 e. The monoisotopic (exact) mass is 256 g/mol. The molecule has 0 aliphatic carbocycles. The molecule has 1 aliphatic rings. The Morgan fingerprint density at radius 3 is 2.17 bits per heavy atom. The molecule has 18 heavy (non-hydrogen) atoms. The second kappa shape index (κ2) is 6.18. The first-order chi connectivity index (χ1) is 8.36. The zero-order chi connectivity index (χ0) is 13.8. The van der Waals surface area contributed by atoms with Gasteiger partial charge in [0.1, 0.15) is 6.61 Å². The van der Waals surface area contributed by atoms with Gasteiger partial charge < -0.3 is 14.5 Å². The van der Waals surface area contributed by atoms with E-state index in [1.54, 1.807) is 4.90 Å². The van der Waals surface area contributed by atoms with Crippen molar-refractivity contribution in [3.63, 3.8) is 0 Å². The topological polar surface area (TPSA) is 49.9 Å². The summed E-state index contributed by atoms with van der Waals surface area (Å²) in [6.07, 6.45) is 0.831. The molecular formula is C13H24N2O3. The lowest BCUT2D eigenvalue weighted by atomic mass is 9.94. The molecule has 0 spiro atoms. The Bertz CT molecular complexity index is 310. The maximum absolute atomic E-state index is 12.2. The fourth-order valence-corrected chi connectivity index (χ4v) is 2.06. The number of hydrogen-bond acceptors (Lipinski definition) is 3. The first kappa shape index (κ1) is 15.0. The molecule has 0 unspecified atom stereocenters. The average molecular weight is 256 g/mol. The molecule has 0 aromatic heterocycles.